The SMILES string of the molecule is C[C@H](F)c1noc(/C=C/C(=O)N2CC(CN(C)c3nc(OCC45CCCN4C[C@H](F)C5)nc4c(F)c(-c5cccc6cccc(Cl)c56)ncc34)C2)n1. The van der Waals surface area contributed by atoms with Crippen LogP contribution in [0.3, 0.4) is 0 Å². The summed E-state index contributed by atoms with van der Waals surface area (Å²) >= 11 is 6.60. The number of carbonyl (C=O) groups excluding carboxylic acids is 1. The summed E-state index contributed by atoms with van der Waals surface area (Å²) in [6.45, 7) is 4.10. The Kier molecular flexibility index (Phi) is 8.98. The van der Waals surface area contributed by atoms with E-state index in [1.807, 2.05) is 36.2 Å². The van der Waals surface area contributed by atoms with Crippen LogP contribution in [-0.2, 0) is 4.79 Å². The number of carbonyl (C=O) groups is 1. The normalized spacial score (nSPS) is 21.3. The standard InChI is InChI=1S/C37H36ClF3N8O3/c1-21(39)34-43-28(52-46-34)10-11-29(50)48-17-22(18-48)16-47(2)35-26-15-42-32(25-8-3-6-23-7-4-9-27(38)30(23)25)31(41)33(26)44-36(45-35)51-20-37-12-5-13-49(37)19-24(40)14-37/h3-4,6-11,15,21-22,24H,5,12-14,16-20H2,1-2H3/b11-10+/t21-,24+,37?/m0/s1. The number of likely N-dealkylation sites (tertiary alicyclic amines) is 1. The zero-order chi connectivity index (χ0) is 36.1. The Morgan fingerprint density at radius 2 is 2.00 bits per heavy atom. The van der Waals surface area contributed by atoms with Gasteiger partial charge in [0.1, 0.15) is 29.8 Å². The first kappa shape index (κ1) is 34.3. The Morgan fingerprint density at radius 1 is 1.19 bits per heavy atom. The molecule has 0 aliphatic carbocycles. The second-order valence-electron chi connectivity index (χ2n) is 14.0. The number of anilines is 1. The molecule has 0 bridgehead atoms. The zero-order valence-electron chi connectivity index (χ0n) is 28.6. The van der Waals surface area contributed by atoms with E-state index in [1.165, 1.54) is 19.1 Å². The Hall–Kier alpha value is -4.82. The largest absolute Gasteiger partial charge is 0.461 e. The first-order chi connectivity index (χ1) is 25.1. The molecule has 270 valence electrons. The maximum absolute atomic E-state index is 16.7. The molecule has 15 heteroatoms. The predicted octanol–water partition coefficient (Wildman–Crippen LogP) is 6.61. The van der Waals surface area contributed by atoms with Crippen LogP contribution in [0.2, 0.25) is 5.02 Å². The van der Waals surface area contributed by atoms with Gasteiger partial charge in [-0.3, -0.25) is 14.7 Å². The van der Waals surface area contributed by atoms with E-state index in [0.29, 0.717) is 59.8 Å². The fraction of sp³-hybridized carbons (Fsp3) is 0.405. The van der Waals surface area contributed by atoms with Crippen molar-refractivity contribution in [3.8, 4) is 17.3 Å². The van der Waals surface area contributed by atoms with Crippen LogP contribution < -0.4 is 9.64 Å². The number of fused-ring (bicyclic) bond motifs is 3. The van der Waals surface area contributed by atoms with Crippen LogP contribution in [0, 0.1) is 11.7 Å². The highest BCUT2D eigenvalue weighted by Gasteiger charge is 2.49. The lowest BCUT2D eigenvalue weighted by molar-refractivity contribution is -0.131. The highest BCUT2D eigenvalue weighted by atomic mass is 35.5. The van der Waals surface area contributed by atoms with Crippen LogP contribution in [0.1, 0.15) is 44.1 Å². The molecule has 11 nitrogen and oxygen atoms in total. The Bertz CT molecular complexity index is 2190. The molecule has 0 N–H and O–H groups in total. The minimum atomic E-state index is -1.38. The summed E-state index contributed by atoms with van der Waals surface area (Å²) in [4.78, 5) is 36.3. The average Bonchev–Trinajstić information content (AvgIpc) is 3.82. The van der Waals surface area contributed by atoms with E-state index in [2.05, 4.69) is 25.0 Å². The highest BCUT2D eigenvalue weighted by Crippen LogP contribution is 2.41. The minimum absolute atomic E-state index is 0.00762. The van der Waals surface area contributed by atoms with E-state index >= 15 is 4.39 Å². The number of hydrogen-bond acceptors (Lipinski definition) is 10. The molecule has 5 aromatic rings. The second-order valence-corrected chi connectivity index (χ2v) is 14.4. The Morgan fingerprint density at radius 3 is 2.79 bits per heavy atom. The number of halogens is 4. The molecule has 8 rings (SSSR count). The molecule has 6 heterocycles. The van der Waals surface area contributed by atoms with Crippen LogP contribution in [0.25, 0.3) is 39.0 Å². The van der Waals surface area contributed by atoms with E-state index in [9.17, 15) is 13.6 Å². The number of hydrogen-bond donors (Lipinski definition) is 0. The number of benzene rings is 2. The molecule has 1 amide bonds. The smallest absolute Gasteiger partial charge is 0.319 e. The van der Waals surface area contributed by atoms with E-state index in [-0.39, 0.29) is 47.4 Å². The van der Waals surface area contributed by atoms with Crippen LogP contribution >= 0.6 is 11.6 Å². The molecule has 3 atom stereocenters. The van der Waals surface area contributed by atoms with Gasteiger partial charge in [-0.2, -0.15) is 15.0 Å². The van der Waals surface area contributed by atoms with Crippen LogP contribution in [-0.4, -0.2) is 98.9 Å². The Balaban J connectivity index is 1.07. The van der Waals surface area contributed by atoms with Gasteiger partial charge in [0.05, 0.1) is 10.9 Å². The molecule has 3 aliphatic heterocycles. The van der Waals surface area contributed by atoms with Crippen LogP contribution in [0.5, 0.6) is 6.01 Å². The molecule has 1 unspecified atom stereocenters. The van der Waals surface area contributed by atoms with Crippen molar-refractivity contribution >= 4 is 51.1 Å². The fourth-order valence-corrected chi connectivity index (χ4v) is 8.05. The van der Waals surface area contributed by atoms with Crippen molar-refractivity contribution in [2.45, 2.75) is 44.1 Å². The maximum Gasteiger partial charge on any atom is 0.319 e. The number of alkyl halides is 2. The molecule has 0 radical (unpaired) electrons. The van der Waals surface area contributed by atoms with Gasteiger partial charge in [-0.25, -0.2) is 13.2 Å². The van der Waals surface area contributed by atoms with Crippen molar-refractivity contribution in [2.75, 3.05) is 51.3 Å². The summed E-state index contributed by atoms with van der Waals surface area (Å²) in [5, 5.41) is 5.95. The molecule has 3 saturated heterocycles. The first-order valence-corrected chi connectivity index (χ1v) is 17.7. The molecule has 3 aromatic heterocycles. The topological polar surface area (TPSA) is 114 Å². The lowest BCUT2D eigenvalue weighted by Gasteiger charge is -2.40. The van der Waals surface area contributed by atoms with Gasteiger partial charge in [-0.05, 0) is 37.8 Å². The third-order valence-electron chi connectivity index (χ3n) is 10.3. The van der Waals surface area contributed by atoms with Crippen molar-refractivity contribution in [1.29, 1.82) is 0 Å². The molecule has 0 spiro atoms. The highest BCUT2D eigenvalue weighted by molar-refractivity contribution is 6.36. The van der Waals surface area contributed by atoms with Gasteiger partial charge in [-0.15, -0.1) is 0 Å². The third-order valence-corrected chi connectivity index (χ3v) is 10.6. The van der Waals surface area contributed by atoms with Crippen molar-refractivity contribution in [3.63, 3.8) is 0 Å². The fourth-order valence-electron chi connectivity index (χ4n) is 7.77. The molecule has 3 aliphatic rings. The van der Waals surface area contributed by atoms with Gasteiger partial charge in [0.25, 0.3) is 5.89 Å². The Labute approximate surface area is 302 Å². The van der Waals surface area contributed by atoms with Gasteiger partial charge < -0.3 is 19.1 Å². The summed E-state index contributed by atoms with van der Waals surface area (Å²) in [6, 6.07) is 11.0. The zero-order valence-corrected chi connectivity index (χ0v) is 29.4. The van der Waals surface area contributed by atoms with Gasteiger partial charge in [0.15, 0.2) is 12.0 Å². The summed E-state index contributed by atoms with van der Waals surface area (Å²) in [5.41, 5.74) is 0.222. The third kappa shape index (κ3) is 6.31. The average molecular weight is 733 g/mol. The van der Waals surface area contributed by atoms with E-state index in [0.717, 1.165) is 24.8 Å². The summed E-state index contributed by atoms with van der Waals surface area (Å²) < 4.78 is 55.9. The monoisotopic (exact) mass is 732 g/mol. The molecular formula is C37H36ClF3N8O3. The van der Waals surface area contributed by atoms with Gasteiger partial charge >= 0.3 is 6.01 Å². The number of amides is 1. The van der Waals surface area contributed by atoms with Crippen molar-refractivity contribution in [3.05, 3.63) is 71.2 Å². The van der Waals surface area contributed by atoms with E-state index in [1.54, 1.807) is 23.2 Å². The first-order valence-electron chi connectivity index (χ1n) is 17.3. The predicted molar refractivity (Wildman–Crippen MR) is 190 cm³/mol. The molecule has 0 saturated carbocycles. The number of ether oxygens (including phenoxy) is 1. The number of nitrogens with zero attached hydrogens (tertiary/aromatic N) is 8. The molecule has 3 fully saturated rings. The summed E-state index contributed by atoms with van der Waals surface area (Å²) in [6.07, 6.45) is 4.06. The van der Waals surface area contributed by atoms with E-state index < -0.39 is 23.7 Å². The van der Waals surface area contributed by atoms with Gasteiger partial charge in [-0.1, -0.05) is 47.1 Å². The van der Waals surface area contributed by atoms with Crippen LogP contribution in [0.15, 0.2) is 53.2 Å². The van der Waals surface area contributed by atoms with Gasteiger partial charge in [0, 0.05) is 79.9 Å². The maximum atomic E-state index is 16.7. The van der Waals surface area contributed by atoms with E-state index in [4.69, 9.17) is 25.8 Å². The number of pyridine rings is 1. The number of aromatic nitrogens is 5. The molecular weight excluding hydrogens is 697 g/mol. The molecule has 52 heavy (non-hydrogen) atoms. The summed E-state index contributed by atoms with van der Waals surface area (Å²) in [7, 11) is 1.84. The van der Waals surface area contributed by atoms with Gasteiger partial charge in [0.2, 0.25) is 11.7 Å². The quantitative estimate of drug-likeness (QED) is 0.145. The van der Waals surface area contributed by atoms with Crippen molar-refractivity contribution < 1.29 is 27.2 Å². The minimum Gasteiger partial charge on any atom is -0.461 e. The van der Waals surface area contributed by atoms with Crippen LogP contribution in [0.4, 0.5) is 19.0 Å². The van der Waals surface area contributed by atoms with Crippen molar-refractivity contribution in [2.24, 2.45) is 5.92 Å². The number of rotatable bonds is 10. The lowest BCUT2D eigenvalue weighted by Crippen LogP contribution is -2.53. The lowest BCUT2D eigenvalue weighted by atomic mass is 9.95. The second kappa shape index (κ2) is 13.6. The van der Waals surface area contributed by atoms with Crippen molar-refractivity contribution in [1.82, 2.24) is 34.9 Å². The molecule has 2 aromatic carbocycles. The summed E-state index contributed by atoms with van der Waals surface area (Å²) in [5.74, 6) is -0.419.